The number of hydrogen-bond donors (Lipinski definition) is 1. The van der Waals surface area contributed by atoms with Crippen LogP contribution in [-0.2, 0) is 9.53 Å². The smallest absolute Gasteiger partial charge is 0.355 e. The Bertz CT molecular complexity index is 1090. The topological polar surface area (TPSA) is 86.0 Å². The molecule has 0 amide bonds. The maximum atomic E-state index is 12.7. The molecule has 0 bridgehead atoms. The Morgan fingerprint density at radius 2 is 1.77 bits per heavy atom. The normalized spacial score (nSPS) is 11.9. The molecule has 3 rings (SSSR count). The first-order chi connectivity index (χ1) is 14.9. The summed E-state index contributed by atoms with van der Waals surface area (Å²) in [5.74, 6) is -0.511. The first-order valence-electron chi connectivity index (χ1n) is 9.92. The minimum absolute atomic E-state index is 0.0409. The van der Waals surface area contributed by atoms with Crippen molar-refractivity contribution in [2.45, 2.75) is 42.6 Å². The van der Waals surface area contributed by atoms with Crippen molar-refractivity contribution in [1.82, 2.24) is 0 Å². The van der Waals surface area contributed by atoms with Gasteiger partial charge in [0.05, 0.1) is 6.61 Å². The highest BCUT2D eigenvalue weighted by molar-refractivity contribution is 7.99. The molecule has 0 spiro atoms. The molecular weight excluding hydrogens is 416 g/mol. The first kappa shape index (κ1) is 22.5. The number of esters is 1. The summed E-state index contributed by atoms with van der Waals surface area (Å²) in [6.45, 7) is 5.89. The molecule has 0 aliphatic heterocycles. The van der Waals surface area contributed by atoms with Gasteiger partial charge in [0.25, 0.3) is 6.10 Å². The second-order valence-electron chi connectivity index (χ2n) is 7.01. The SMILES string of the molecule is CCOC(=O)C(Oc1ccccc1)c1cc(O)c(Sc2ccccc2C(C)C)c(=O)o1. The number of rotatable bonds is 8. The van der Waals surface area contributed by atoms with Crippen LogP contribution in [0.15, 0.2) is 79.7 Å². The summed E-state index contributed by atoms with van der Waals surface area (Å²) in [4.78, 5) is 26.1. The number of aromatic hydroxyl groups is 1. The summed E-state index contributed by atoms with van der Waals surface area (Å²) < 4.78 is 16.2. The molecule has 0 saturated heterocycles. The van der Waals surface area contributed by atoms with Crippen LogP contribution in [-0.4, -0.2) is 17.7 Å². The molecular formula is C24H24O6S. The minimum Gasteiger partial charge on any atom is -0.506 e. The third-order valence-corrected chi connectivity index (χ3v) is 5.59. The van der Waals surface area contributed by atoms with Crippen molar-refractivity contribution in [3.63, 3.8) is 0 Å². The van der Waals surface area contributed by atoms with Gasteiger partial charge in [-0.3, -0.25) is 0 Å². The Balaban J connectivity index is 1.96. The summed E-state index contributed by atoms with van der Waals surface area (Å²) in [5, 5.41) is 10.6. The van der Waals surface area contributed by atoms with Crippen LogP contribution in [0.2, 0.25) is 0 Å². The third kappa shape index (κ3) is 5.49. The van der Waals surface area contributed by atoms with E-state index in [4.69, 9.17) is 13.9 Å². The van der Waals surface area contributed by atoms with Gasteiger partial charge in [-0.15, -0.1) is 0 Å². The quantitative estimate of drug-likeness (QED) is 0.476. The predicted octanol–water partition coefficient (Wildman–Crippen LogP) is 5.30. The van der Waals surface area contributed by atoms with Crippen LogP contribution in [0.1, 0.15) is 44.1 Å². The summed E-state index contributed by atoms with van der Waals surface area (Å²) in [5.41, 5.74) is 0.289. The van der Waals surface area contributed by atoms with E-state index in [9.17, 15) is 14.7 Å². The van der Waals surface area contributed by atoms with Gasteiger partial charge in [-0.2, -0.15) is 0 Å². The van der Waals surface area contributed by atoms with Crippen molar-refractivity contribution in [2.24, 2.45) is 0 Å². The molecule has 1 atom stereocenters. The van der Waals surface area contributed by atoms with Gasteiger partial charge in [-0.1, -0.05) is 62.0 Å². The van der Waals surface area contributed by atoms with Crippen molar-refractivity contribution in [3.8, 4) is 11.5 Å². The van der Waals surface area contributed by atoms with Crippen molar-refractivity contribution < 1.29 is 23.8 Å². The summed E-state index contributed by atoms with van der Waals surface area (Å²) in [6, 6.07) is 17.5. The van der Waals surface area contributed by atoms with Crippen LogP contribution in [0, 0.1) is 0 Å². The number of benzene rings is 2. The number of hydrogen-bond acceptors (Lipinski definition) is 7. The van der Waals surface area contributed by atoms with Gasteiger partial charge < -0.3 is 19.0 Å². The molecule has 1 unspecified atom stereocenters. The molecule has 31 heavy (non-hydrogen) atoms. The maximum absolute atomic E-state index is 12.7. The molecule has 0 aliphatic carbocycles. The predicted molar refractivity (Wildman–Crippen MR) is 118 cm³/mol. The molecule has 1 aromatic heterocycles. The second kappa shape index (κ2) is 10.2. The van der Waals surface area contributed by atoms with Crippen LogP contribution in [0.3, 0.4) is 0 Å². The number of ether oxygens (including phenoxy) is 2. The van der Waals surface area contributed by atoms with E-state index < -0.39 is 17.7 Å². The highest BCUT2D eigenvalue weighted by Crippen LogP contribution is 2.37. The maximum Gasteiger partial charge on any atom is 0.355 e. The van der Waals surface area contributed by atoms with Crippen LogP contribution >= 0.6 is 11.8 Å². The number of carbonyl (C=O) groups is 1. The molecule has 3 aromatic rings. The Kier molecular flexibility index (Phi) is 7.41. The van der Waals surface area contributed by atoms with Crippen molar-refractivity contribution in [2.75, 3.05) is 6.61 Å². The molecule has 7 heteroatoms. The molecule has 162 valence electrons. The van der Waals surface area contributed by atoms with E-state index in [1.54, 1.807) is 37.3 Å². The standard InChI is InChI=1S/C24H24O6S/c1-4-28-23(26)21(29-16-10-6-5-7-11-16)19-14-18(25)22(24(27)30-19)31-20-13-9-8-12-17(20)15(2)3/h5-15,21,25H,4H2,1-3H3. The minimum atomic E-state index is -1.33. The fourth-order valence-corrected chi connectivity index (χ4v) is 4.02. The van der Waals surface area contributed by atoms with Gasteiger partial charge in [0.1, 0.15) is 16.4 Å². The lowest BCUT2D eigenvalue weighted by molar-refractivity contribution is -0.152. The average Bonchev–Trinajstić information content (AvgIpc) is 2.75. The van der Waals surface area contributed by atoms with Crippen LogP contribution < -0.4 is 10.4 Å². The largest absolute Gasteiger partial charge is 0.506 e. The lowest BCUT2D eigenvalue weighted by Gasteiger charge is -2.17. The fraction of sp³-hybridized carbons (Fsp3) is 0.250. The monoisotopic (exact) mass is 440 g/mol. The third-order valence-electron chi connectivity index (χ3n) is 4.42. The van der Waals surface area contributed by atoms with Crippen molar-refractivity contribution >= 4 is 17.7 Å². The molecule has 6 nitrogen and oxygen atoms in total. The molecule has 0 saturated carbocycles. The van der Waals surface area contributed by atoms with Crippen LogP contribution in [0.5, 0.6) is 11.5 Å². The van der Waals surface area contributed by atoms with Gasteiger partial charge in [0, 0.05) is 11.0 Å². The van der Waals surface area contributed by atoms with E-state index in [2.05, 4.69) is 13.8 Å². The van der Waals surface area contributed by atoms with Crippen LogP contribution in [0.4, 0.5) is 0 Å². The zero-order valence-corrected chi connectivity index (χ0v) is 18.3. The van der Waals surface area contributed by atoms with Gasteiger partial charge in [-0.25, -0.2) is 9.59 Å². The lowest BCUT2D eigenvalue weighted by atomic mass is 10.0. The molecule has 0 radical (unpaired) electrons. The van der Waals surface area contributed by atoms with Gasteiger partial charge in [-0.05, 0) is 36.6 Å². The second-order valence-corrected chi connectivity index (χ2v) is 8.06. The van der Waals surface area contributed by atoms with Gasteiger partial charge in [0.15, 0.2) is 5.76 Å². The molecule has 2 aromatic carbocycles. The Morgan fingerprint density at radius 3 is 2.42 bits per heavy atom. The van der Waals surface area contributed by atoms with Gasteiger partial charge >= 0.3 is 11.6 Å². The Hall–Kier alpha value is -3.19. The molecule has 0 aliphatic rings. The van der Waals surface area contributed by atoms with E-state index in [-0.39, 0.29) is 28.9 Å². The van der Waals surface area contributed by atoms with E-state index in [1.807, 2.05) is 24.3 Å². The highest BCUT2D eigenvalue weighted by atomic mass is 32.2. The summed E-state index contributed by atoms with van der Waals surface area (Å²) in [7, 11) is 0. The first-order valence-corrected chi connectivity index (χ1v) is 10.7. The van der Waals surface area contributed by atoms with E-state index >= 15 is 0 Å². The van der Waals surface area contributed by atoms with E-state index in [0.29, 0.717) is 5.75 Å². The van der Waals surface area contributed by atoms with Gasteiger partial charge in [0.2, 0.25) is 0 Å². The summed E-state index contributed by atoms with van der Waals surface area (Å²) in [6.07, 6.45) is -1.33. The molecule has 0 fully saturated rings. The summed E-state index contributed by atoms with van der Waals surface area (Å²) >= 11 is 1.13. The zero-order valence-electron chi connectivity index (χ0n) is 17.5. The zero-order chi connectivity index (χ0) is 22.4. The lowest BCUT2D eigenvalue weighted by Crippen LogP contribution is -2.23. The molecule has 1 N–H and O–H groups in total. The Morgan fingerprint density at radius 1 is 1.10 bits per heavy atom. The fourth-order valence-electron chi connectivity index (χ4n) is 2.95. The van der Waals surface area contributed by atoms with E-state index in [0.717, 1.165) is 22.2 Å². The number of para-hydroxylation sites is 1. The molecule has 1 heterocycles. The number of carbonyl (C=O) groups excluding carboxylic acids is 1. The van der Waals surface area contributed by atoms with Crippen molar-refractivity contribution in [1.29, 1.82) is 0 Å². The van der Waals surface area contributed by atoms with Crippen molar-refractivity contribution in [3.05, 3.63) is 82.4 Å². The van der Waals surface area contributed by atoms with E-state index in [1.165, 1.54) is 6.07 Å². The average molecular weight is 441 g/mol. The Labute approximate surface area is 184 Å². The van der Waals surface area contributed by atoms with Crippen LogP contribution in [0.25, 0.3) is 0 Å². The highest BCUT2D eigenvalue weighted by Gasteiger charge is 2.29.